The number of para-hydroxylation sites is 1. The van der Waals surface area contributed by atoms with Crippen LogP contribution >= 0.6 is 0 Å². The molecule has 116 valence electrons. The Labute approximate surface area is 121 Å². The molecule has 2 saturated heterocycles. The number of ether oxygens (including phenoxy) is 1. The Hall–Kier alpha value is -1.27. The molecule has 2 bridgehead atoms. The third-order valence-corrected chi connectivity index (χ3v) is 4.75. The number of rotatable bonds is 2. The second-order valence-electron chi connectivity index (χ2n) is 6.03. The normalized spacial score (nSPS) is 33.2. The fourth-order valence-electron chi connectivity index (χ4n) is 3.73. The van der Waals surface area contributed by atoms with Crippen LogP contribution in [0.1, 0.15) is 31.2 Å². The van der Waals surface area contributed by atoms with Gasteiger partial charge in [-0.1, -0.05) is 18.2 Å². The highest BCUT2D eigenvalue weighted by molar-refractivity contribution is 5.39. The minimum atomic E-state index is -4.75. The van der Waals surface area contributed by atoms with Gasteiger partial charge in [0.1, 0.15) is 5.75 Å². The molecule has 2 aliphatic heterocycles. The zero-order valence-corrected chi connectivity index (χ0v) is 11.7. The van der Waals surface area contributed by atoms with E-state index in [1.54, 1.807) is 6.07 Å². The standard InChI is InChI=1S/C15H18F3NO2/c1-19-10-6-7-11(19)9-14(20,8-10)12-4-2-3-5-13(12)21-15(16,17)18/h2-5,10-11,20H,6-9H2,1H3. The van der Waals surface area contributed by atoms with Gasteiger partial charge in [0.15, 0.2) is 0 Å². The smallest absolute Gasteiger partial charge is 0.405 e. The third kappa shape index (κ3) is 2.74. The van der Waals surface area contributed by atoms with Crippen LogP contribution in [-0.4, -0.2) is 35.5 Å². The summed E-state index contributed by atoms with van der Waals surface area (Å²) < 4.78 is 41.7. The molecular formula is C15H18F3NO2. The minimum absolute atomic E-state index is 0.215. The number of piperidine rings is 1. The van der Waals surface area contributed by atoms with Crippen LogP contribution in [0.5, 0.6) is 5.75 Å². The van der Waals surface area contributed by atoms with Crippen LogP contribution in [0.15, 0.2) is 24.3 Å². The molecule has 0 aromatic heterocycles. The molecule has 2 unspecified atom stereocenters. The van der Waals surface area contributed by atoms with Crippen LogP contribution in [-0.2, 0) is 5.60 Å². The summed E-state index contributed by atoms with van der Waals surface area (Å²) in [4.78, 5) is 2.22. The fourth-order valence-corrected chi connectivity index (χ4v) is 3.73. The van der Waals surface area contributed by atoms with Crippen molar-refractivity contribution in [2.45, 2.75) is 49.7 Å². The van der Waals surface area contributed by atoms with E-state index in [4.69, 9.17) is 0 Å². The minimum Gasteiger partial charge on any atom is -0.405 e. The zero-order valence-electron chi connectivity index (χ0n) is 11.7. The van der Waals surface area contributed by atoms with Gasteiger partial charge in [-0.05, 0) is 38.8 Å². The Bertz CT molecular complexity index is 518. The summed E-state index contributed by atoms with van der Waals surface area (Å²) in [7, 11) is 2.01. The first-order valence-electron chi connectivity index (χ1n) is 7.08. The van der Waals surface area contributed by atoms with E-state index in [1.165, 1.54) is 18.2 Å². The lowest BCUT2D eigenvalue weighted by Gasteiger charge is -2.42. The molecule has 0 aliphatic carbocycles. The molecule has 1 aromatic carbocycles. The molecule has 0 spiro atoms. The average Bonchev–Trinajstić information content (AvgIpc) is 2.60. The quantitative estimate of drug-likeness (QED) is 0.911. The van der Waals surface area contributed by atoms with Crippen molar-refractivity contribution < 1.29 is 23.0 Å². The van der Waals surface area contributed by atoms with Crippen LogP contribution in [0.4, 0.5) is 13.2 Å². The Morgan fingerprint density at radius 2 is 1.76 bits per heavy atom. The van der Waals surface area contributed by atoms with Crippen molar-refractivity contribution in [2.75, 3.05) is 7.05 Å². The molecule has 2 fully saturated rings. The molecule has 6 heteroatoms. The Balaban J connectivity index is 1.93. The first kappa shape index (κ1) is 14.7. The molecular weight excluding hydrogens is 283 g/mol. The molecule has 1 aromatic rings. The number of halogens is 3. The van der Waals surface area contributed by atoms with E-state index in [1.807, 2.05) is 7.05 Å². The van der Waals surface area contributed by atoms with Gasteiger partial charge in [0.2, 0.25) is 0 Å². The van der Waals surface area contributed by atoms with Crippen molar-refractivity contribution in [1.29, 1.82) is 0 Å². The lowest BCUT2D eigenvalue weighted by Crippen LogP contribution is -2.47. The van der Waals surface area contributed by atoms with Gasteiger partial charge in [0, 0.05) is 17.6 Å². The van der Waals surface area contributed by atoms with Crippen molar-refractivity contribution >= 4 is 0 Å². The molecule has 0 amide bonds. The molecule has 0 radical (unpaired) electrons. The van der Waals surface area contributed by atoms with Gasteiger partial charge in [0.25, 0.3) is 0 Å². The third-order valence-electron chi connectivity index (χ3n) is 4.75. The van der Waals surface area contributed by atoms with Crippen LogP contribution in [0.3, 0.4) is 0 Å². The molecule has 0 saturated carbocycles. The highest BCUT2D eigenvalue weighted by atomic mass is 19.4. The first-order chi connectivity index (χ1) is 9.78. The van der Waals surface area contributed by atoms with E-state index in [0.29, 0.717) is 12.8 Å². The van der Waals surface area contributed by atoms with E-state index in [2.05, 4.69) is 9.64 Å². The predicted octanol–water partition coefficient (Wildman–Crippen LogP) is 3.03. The Morgan fingerprint density at radius 3 is 2.33 bits per heavy atom. The zero-order chi connectivity index (χ0) is 15.3. The number of aliphatic hydroxyl groups is 1. The molecule has 21 heavy (non-hydrogen) atoms. The van der Waals surface area contributed by atoms with Crippen LogP contribution in [0.2, 0.25) is 0 Å². The predicted molar refractivity (Wildman–Crippen MR) is 70.8 cm³/mol. The van der Waals surface area contributed by atoms with Gasteiger partial charge in [-0.2, -0.15) is 0 Å². The summed E-state index contributed by atoms with van der Waals surface area (Å²) in [5, 5.41) is 10.9. The number of nitrogens with zero attached hydrogens (tertiary/aromatic N) is 1. The molecule has 2 atom stereocenters. The van der Waals surface area contributed by atoms with Crippen molar-refractivity contribution in [2.24, 2.45) is 0 Å². The number of benzene rings is 1. The number of hydrogen-bond acceptors (Lipinski definition) is 3. The maximum Gasteiger partial charge on any atom is 0.573 e. The number of hydrogen-bond donors (Lipinski definition) is 1. The summed E-state index contributed by atoms with van der Waals surface area (Å²) in [6.07, 6.45) is -1.91. The fraction of sp³-hybridized carbons (Fsp3) is 0.600. The summed E-state index contributed by atoms with van der Waals surface area (Å²) in [6.45, 7) is 0. The second kappa shape index (κ2) is 4.88. The van der Waals surface area contributed by atoms with Crippen molar-refractivity contribution in [3.8, 4) is 5.75 Å². The van der Waals surface area contributed by atoms with E-state index in [9.17, 15) is 18.3 Å². The second-order valence-corrected chi connectivity index (χ2v) is 6.03. The monoisotopic (exact) mass is 301 g/mol. The Kier molecular flexibility index (Phi) is 3.41. The molecule has 2 heterocycles. The summed E-state index contributed by atoms with van der Waals surface area (Å²) in [6, 6.07) is 6.35. The SMILES string of the molecule is CN1C2CCC1CC(O)(c1ccccc1OC(F)(F)F)C2. The Morgan fingerprint density at radius 1 is 1.19 bits per heavy atom. The van der Waals surface area contributed by atoms with Gasteiger partial charge in [0.05, 0.1) is 5.60 Å². The van der Waals surface area contributed by atoms with E-state index in [-0.39, 0.29) is 23.4 Å². The van der Waals surface area contributed by atoms with Crippen LogP contribution in [0, 0.1) is 0 Å². The highest BCUT2D eigenvalue weighted by Crippen LogP contribution is 2.47. The van der Waals surface area contributed by atoms with E-state index < -0.39 is 12.0 Å². The lowest BCUT2D eigenvalue weighted by atomic mass is 9.80. The summed E-state index contributed by atoms with van der Waals surface area (Å²) in [5.41, 5.74) is -1.01. The summed E-state index contributed by atoms with van der Waals surface area (Å²) in [5.74, 6) is -0.295. The average molecular weight is 301 g/mol. The van der Waals surface area contributed by atoms with E-state index in [0.717, 1.165) is 12.8 Å². The van der Waals surface area contributed by atoms with Crippen LogP contribution < -0.4 is 4.74 Å². The van der Waals surface area contributed by atoms with Crippen molar-refractivity contribution in [1.82, 2.24) is 4.90 Å². The van der Waals surface area contributed by atoms with E-state index >= 15 is 0 Å². The van der Waals surface area contributed by atoms with Crippen LogP contribution in [0.25, 0.3) is 0 Å². The molecule has 3 nitrogen and oxygen atoms in total. The molecule has 3 rings (SSSR count). The van der Waals surface area contributed by atoms with Gasteiger partial charge in [-0.3, -0.25) is 0 Å². The van der Waals surface area contributed by atoms with Crippen molar-refractivity contribution in [3.05, 3.63) is 29.8 Å². The van der Waals surface area contributed by atoms with Gasteiger partial charge in [-0.25, -0.2) is 0 Å². The number of alkyl halides is 3. The maximum absolute atomic E-state index is 12.5. The first-order valence-corrected chi connectivity index (χ1v) is 7.08. The molecule has 1 N–H and O–H groups in total. The number of fused-ring (bicyclic) bond motifs is 2. The van der Waals surface area contributed by atoms with Gasteiger partial charge < -0.3 is 14.7 Å². The largest absolute Gasteiger partial charge is 0.573 e. The topological polar surface area (TPSA) is 32.7 Å². The van der Waals surface area contributed by atoms with Gasteiger partial charge >= 0.3 is 6.36 Å². The molecule has 2 aliphatic rings. The lowest BCUT2D eigenvalue weighted by molar-refractivity contribution is -0.275. The van der Waals surface area contributed by atoms with Gasteiger partial charge in [-0.15, -0.1) is 13.2 Å². The maximum atomic E-state index is 12.5. The van der Waals surface area contributed by atoms with Crippen molar-refractivity contribution in [3.63, 3.8) is 0 Å². The highest BCUT2D eigenvalue weighted by Gasteiger charge is 2.48. The summed E-state index contributed by atoms with van der Waals surface area (Å²) >= 11 is 0.